The van der Waals surface area contributed by atoms with Crippen molar-refractivity contribution in [1.82, 2.24) is 15.2 Å². The first-order valence-corrected chi connectivity index (χ1v) is 10.0. The molecule has 0 saturated carbocycles. The van der Waals surface area contributed by atoms with Crippen LogP contribution in [0.2, 0.25) is 0 Å². The van der Waals surface area contributed by atoms with E-state index in [-0.39, 0.29) is 11.9 Å². The zero-order valence-electron chi connectivity index (χ0n) is 17.3. The molecule has 1 fully saturated rings. The Bertz CT molecular complexity index is 841. The van der Waals surface area contributed by atoms with E-state index in [0.717, 1.165) is 18.7 Å². The third-order valence-electron chi connectivity index (χ3n) is 5.27. The van der Waals surface area contributed by atoms with E-state index in [4.69, 9.17) is 9.47 Å². The molecule has 1 aromatic carbocycles. The van der Waals surface area contributed by atoms with E-state index in [9.17, 15) is 9.59 Å². The molecule has 3 rings (SSSR count). The molecular formula is C22H29N3O4. The van der Waals surface area contributed by atoms with Crippen molar-refractivity contribution in [2.75, 3.05) is 39.5 Å². The summed E-state index contributed by atoms with van der Waals surface area (Å²) in [6.07, 6.45) is 0. The third kappa shape index (κ3) is 4.86. The summed E-state index contributed by atoms with van der Waals surface area (Å²) in [6, 6.07) is 10.2. The Labute approximate surface area is 171 Å². The smallest absolute Gasteiger partial charge is 0.340 e. The predicted octanol–water partition coefficient (Wildman–Crippen LogP) is 2.61. The summed E-state index contributed by atoms with van der Waals surface area (Å²) >= 11 is 0. The normalized spacial score (nSPS) is 15.7. The number of carbonyl (C=O) groups is 2. The molecule has 2 N–H and O–H groups in total. The molecule has 0 radical (unpaired) electrons. The van der Waals surface area contributed by atoms with Gasteiger partial charge in [-0.3, -0.25) is 9.69 Å². The highest BCUT2D eigenvalue weighted by molar-refractivity contribution is 6.00. The van der Waals surface area contributed by atoms with Crippen LogP contribution in [-0.2, 0) is 9.47 Å². The number of esters is 1. The van der Waals surface area contributed by atoms with E-state index in [1.807, 2.05) is 18.2 Å². The number of amides is 1. The molecule has 2 aromatic rings. The summed E-state index contributed by atoms with van der Waals surface area (Å²) in [5, 5.41) is 3.04. The number of H-pyrrole nitrogens is 1. The molecule has 1 saturated heterocycles. The van der Waals surface area contributed by atoms with Gasteiger partial charge in [-0.2, -0.15) is 0 Å². The molecule has 156 valence electrons. The van der Waals surface area contributed by atoms with Gasteiger partial charge < -0.3 is 19.8 Å². The number of hydrogen-bond donors (Lipinski definition) is 2. The lowest BCUT2D eigenvalue weighted by molar-refractivity contribution is 0.0162. The monoisotopic (exact) mass is 399 g/mol. The lowest BCUT2D eigenvalue weighted by atomic mass is 10.0. The number of aryl methyl sites for hydroxylation is 1. The quantitative estimate of drug-likeness (QED) is 0.700. The van der Waals surface area contributed by atoms with Crippen molar-refractivity contribution < 1.29 is 19.1 Å². The minimum atomic E-state index is -0.409. The Morgan fingerprint density at radius 1 is 1.21 bits per heavy atom. The average Bonchev–Trinajstić information content (AvgIpc) is 3.04. The van der Waals surface area contributed by atoms with Gasteiger partial charge in [0.1, 0.15) is 5.69 Å². The van der Waals surface area contributed by atoms with Crippen LogP contribution in [0.4, 0.5) is 0 Å². The molecule has 7 heteroatoms. The van der Waals surface area contributed by atoms with Crippen LogP contribution < -0.4 is 5.32 Å². The van der Waals surface area contributed by atoms with E-state index in [2.05, 4.69) is 27.3 Å². The Kier molecular flexibility index (Phi) is 7.06. The minimum Gasteiger partial charge on any atom is -0.462 e. The van der Waals surface area contributed by atoms with E-state index < -0.39 is 5.97 Å². The van der Waals surface area contributed by atoms with Crippen LogP contribution in [-0.4, -0.2) is 61.2 Å². The predicted molar refractivity (Wildman–Crippen MR) is 110 cm³/mol. The molecular weight excluding hydrogens is 370 g/mol. The highest BCUT2D eigenvalue weighted by Crippen LogP contribution is 2.22. The van der Waals surface area contributed by atoms with Crippen molar-refractivity contribution in [2.45, 2.75) is 26.8 Å². The maximum atomic E-state index is 12.9. The van der Waals surface area contributed by atoms with Gasteiger partial charge in [-0.15, -0.1) is 0 Å². The van der Waals surface area contributed by atoms with Crippen LogP contribution in [0.15, 0.2) is 30.3 Å². The van der Waals surface area contributed by atoms with Crippen LogP contribution in [0.25, 0.3) is 0 Å². The van der Waals surface area contributed by atoms with E-state index in [1.54, 1.807) is 20.8 Å². The van der Waals surface area contributed by atoms with Gasteiger partial charge in [0.05, 0.1) is 31.4 Å². The molecule has 1 aromatic heterocycles. The number of carbonyl (C=O) groups excluding carboxylic acids is 2. The molecule has 2 heterocycles. The topological polar surface area (TPSA) is 83.7 Å². The first kappa shape index (κ1) is 21.1. The SMILES string of the molecule is CCOC(=O)c1c(C)[nH]c(C(=O)NCC(c2ccccc2)N2CCOCC2)c1C. The van der Waals surface area contributed by atoms with Crippen LogP contribution >= 0.6 is 0 Å². The first-order valence-electron chi connectivity index (χ1n) is 10.0. The number of benzene rings is 1. The van der Waals surface area contributed by atoms with Crippen molar-refractivity contribution in [2.24, 2.45) is 0 Å². The fourth-order valence-corrected chi connectivity index (χ4v) is 3.79. The minimum absolute atomic E-state index is 0.0601. The number of aromatic nitrogens is 1. The number of ether oxygens (including phenoxy) is 2. The summed E-state index contributed by atoms with van der Waals surface area (Å²) in [5.74, 6) is -0.636. The van der Waals surface area contributed by atoms with Crippen molar-refractivity contribution in [3.8, 4) is 0 Å². The Morgan fingerprint density at radius 2 is 1.90 bits per heavy atom. The summed E-state index contributed by atoms with van der Waals surface area (Å²) in [5.41, 5.74) is 3.24. The summed E-state index contributed by atoms with van der Waals surface area (Å²) in [6.45, 7) is 9.09. The number of rotatable bonds is 7. The van der Waals surface area contributed by atoms with Crippen molar-refractivity contribution in [3.05, 3.63) is 58.4 Å². The molecule has 1 amide bonds. The van der Waals surface area contributed by atoms with Gasteiger partial charge >= 0.3 is 5.97 Å². The number of morpholine rings is 1. The molecule has 0 bridgehead atoms. The Morgan fingerprint density at radius 3 is 2.55 bits per heavy atom. The molecule has 1 aliphatic rings. The van der Waals surface area contributed by atoms with Crippen LogP contribution in [0.3, 0.4) is 0 Å². The first-order chi connectivity index (χ1) is 14.0. The maximum absolute atomic E-state index is 12.9. The lowest BCUT2D eigenvalue weighted by Crippen LogP contribution is -2.44. The van der Waals surface area contributed by atoms with Gasteiger partial charge in [-0.25, -0.2) is 4.79 Å². The Balaban J connectivity index is 1.75. The fourth-order valence-electron chi connectivity index (χ4n) is 3.79. The van der Waals surface area contributed by atoms with Gasteiger partial charge in [0.2, 0.25) is 0 Å². The summed E-state index contributed by atoms with van der Waals surface area (Å²) in [4.78, 5) is 30.5. The van der Waals surface area contributed by atoms with Gasteiger partial charge in [-0.1, -0.05) is 30.3 Å². The second-order valence-corrected chi connectivity index (χ2v) is 7.13. The second kappa shape index (κ2) is 9.71. The van der Waals surface area contributed by atoms with E-state index in [0.29, 0.717) is 48.9 Å². The molecule has 1 unspecified atom stereocenters. The molecule has 1 atom stereocenters. The molecule has 0 aliphatic carbocycles. The molecule has 1 aliphatic heterocycles. The standard InChI is InChI=1S/C22H29N3O4/c1-4-29-22(27)19-15(2)20(24-16(19)3)21(26)23-14-18(17-8-6-5-7-9-17)25-10-12-28-13-11-25/h5-9,18,24H,4,10-14H2,1-3H3,(H,23,26). The number of hydrogen-bond acceptors (Lipinski definition) is 5. The summed E-state index contributed by atoms with van der Waals surface area (Å²) < 4.78 is 10.6. The van der Waals surface area contributed by atoms with Crippen LogP contribution in [0.1, 0.15) is 50.6 Å². The van der Waals surface area contributed by atoms with Crippen molar-refractivity contribution in [1.29, 1.82) is 0 Å². The van der Waals surface area contributed by atoms with E-state index in [1.165, 1.54) is 0 Å². The molecule has 7 nitrogen and oxygen atoms in total. The van der Waals surface area contributed by atoms with Crippen LogP contribution in [0, 0.1) is 13.8 Å². The van der Waals surface area contributed by atoms with Crippen molar-refractivity contribution >= 4 is 11.9 Å². The van der Waals surface area contributed by atoms with Gasteiger partial charge in [0.25, 0.3) is 5.91 Å². The highest BCUT2D eigenvalue weighted by atomic mass is 16.5. The maximum Gasteiger partial charge on any atom is 0.340 e. The van der Waals surface area contributed by atoms with Gasteiger partial charge in [0.15, 0.2) is 0 Å². The van der Waals surface area contributed by atoms with Gasteiger partial charge in [0, 0.05) is 25.3 Å². The van der Waals surface area contributed by atoms with Crippen molar-refractivity contribution in [3.63, 3.8) is 0 Å². The third-order valence-corrected chi connectivity index (χ3v) is 5.27. The Hall–Kier alpha value is -2.64. The highest BCUT2D eigenvalue weighted by Gasteiger charge is 2.26. The van der Waals surface area contributed by atoms with Gasteiger partial charge in [-0.05, 0) is 31.9 Å². The molecule has 0 spiro atoms. The number of aromatic amines is 1. The summed E-state index contributed by atoms with van der Waals surface area (Å²) in [7, 11) is 0. The fraction of sp³-hybridized carbons (Fsp3) is 0.455. The zero-order valence-corrected chi connectivity index (χ0v) is 17.3. The second-order valence-electron chi connectivity index (χ2n) is 7.13. The lowest BCUT2D eigenvalue weighted by Gasteiger charge is -2.34. The van der Waals surface area contributed by atoms with Crippen LogP contribution in [0.5, 0.6) is 0 Å². The number of nitrogens with zero attached hydrogens (tertiary/aromatic N) is 1. The molecule has 29 heavy (non-hydrogen) atoms. The van der Waals surface area contributed by atoms with E-state index >= 15 is 0 Å². The average molecular weight is 399 g/mol. The largest absolute Gasteiger partial charge is 0.462 e. The number of nitrogens with one attached hydrogen (secondary N) is 2. The zero-order chi connectivity index (χ0) is 20.8.